The topological polar surface area (TPSA) is 0 Å². The van der Waals surface area contributed by atoms with Gasteiger partial charge in [0.1, 0.15) is 0 Å². The first-order valence-electron chi connectivity index (χ1n) is 5.23. The van der Waals surface area contributed by atoms with Gasteiger partial charge in [-0.1, -0.05) is 53.7 Å². The van der Waals surface area contributed by atoms with Crippen molar-refractivity contribution in [2.24, 2.45) is 16.7 Å². The van der Waals surface area contributed by atoms with Crippen molar-refractivity contribution in [1.29, 1.82) is 0 Å². The summed E-state index contributed by atoms with van der Waals surface area (Å²) in [4.78, 5) is 0. The third kappa shape index (κ3) is 3.97. The van der Waals surface area contributed by atoms with Gasteiger partial charge in [-0.05, 0) is 30.1 Å². The predicted octanol–water partition coefficient (Wildman–Crippen LogP) is 4.66. The Hall–Kier alpha value is -0.260. The molecule has 0 N–H and O–H groups in total. The molecule has 0 aromatic heterocycles. The molecule has 0 saturated carbocycles. The molecule has 13 heavy (non-hydrogen) atoms. The molecule has 0 aliphatic rings. The lowest BCUT2D eigenvalue weighted by atomic mass is 9.70. The highest BCUT2D eigenvalue weighted by Crippen LogP contribution is 2.39. The van der Waals surface area contributed by atoms with Crippen LogP contribution in [0.3, 0.4) is 0 Å². The molecule has 78 valence electrons. The maximum atomic E-state index is 4.06. The fourth-order valence-corrected chi connectivity index (χ4v) is 1.25. The maximum absolute atomic E-state index is 4.06. The summed E-state index contributed by atoms with van der Waals surface area (Å²) in [6, 6.07) is 0. The monoisotopic (exact) mass is 182 g/mol. The quantitative estimate of drug-likeness (QED) is 0.557. The Bertz CT molecular complexity index is 179. The summed E-state index contributed by atoms with van der Waals surface area (Å²) < 4.78 is 0. The fourth-order valence-electron chi connectivity index (χ4n) is 1.25. The van der Waals surface area contributed by atoms with Crippen molar-refractivity contribution in [3.05, 3.63) is 12.2 Å². The summed E-state index contributed by atoms with van der Waals surface area (Å²) >= 11 is 0. The van der Waals surface area contributed by atoms with E-state index >= 15 is 0 Å². The van der Waals surface area contributed by atoms with Gasteiger partial charge >= 0.3 is 0 Å². The highest BCUT2D eigenvalue weighted by molar-refractivity contribution is 5.03. The van der Waals surface area contributed by atoms with E-state index in [0.29, 0.717) is 5.41 Å². The molecule has 0 saturated heterocycles. The van der Waals surface area contributed by atoms with Gasteiger partial charge in [0.25, 0.3) is 0 Å². The summed E-state index contributed by atoms with van der Waals surface area (Å²) in [6.07, 6.45) is 1.23. The van der Waals surface area contributed by atoms with Crippen LogP contribution < -0.4 is 0 Å². The third-order valence-corrected chi connectivity index (χ3v) is 3.45. The summed E-state index contributed by atoms with van der Waals surface area (Å²) in [5, 5.41) is 0. The molecule has 1 atom stereocenters. The zero-order valence-corrected chi connectivity index (χ0v) is 10.5. The predicted molar refractivity (Wildman–Crippen MR) is 61.8 cm³/mol. The van der Waals surface area contributed by atoms with Gasteiger partial charge in [0, 0.05) is 0 Å². The molecule has 0 heterocycles. The summed E-state index contributed by atoms with van der Waals surface area (Å²) in [7, 11) is 0. The zero-order chi connectivity index (χ0) is 10.9. The Labute approximate surface area is 84.4 Å². The van der Waals surface area contributed by atoms with Crippen LogP contribution in [0.5, 0.6) is 0 Å². The smallest absolute Gasteiger partial charge is 0.0147 e. The zero-order valence-electron chi connectivity index (χ0n) is 10.5. The van der Waals surface area contributed by atoms with Crippen molar-refractivity contribution in [1.82, 2.24) is 0 Å². The second kappa shape index (κ2) is 3.86. The van der Waals surface area contributed by atoms with E-state index in [9.17, 15) is 0 Å². The van der Waals surface area contributed by atoms with E-state index in [1.807, 2.05) is 0 Å². The second-order valence-corrected chi connectivity index (χ2v) is 6.14. The Balaban J connectivity index is 4.37. The van der Waals surface area contributed by atoms with E-state index in [4.69, 9.17) is 0 Å². The van der Waals surface area contributed by atoms with Crippen LogP contribution >= 0.6 is 0 Å². The average Bonchev–Trinajstić information content (AvgIpc) is 1.83. The number of allylic oxidation sites excluding steroid dienone is 1. The standard InChI is InChI=1S/C13H26/c1-10(2)13(7,8)9-11(3)12(4,5)6/h11H,1,9H2,2-8H3. The molecule has 0 aliphatic carbocycles. The van der Waals surface area contributed by atoms with E-state index in [1.54, 1.807) is 0 Å². The summed E-state index contributed by atoms with van der Waals surface area (Å²) in [6.45, 7) is 20.0. The lowest BCUT2D eigenvalue weighted by Crippen LogP contribution is -2.25. The molecule has 0 spiro atoms. The summed E-state index contributed by atoms with van der Waals surface area (Å²) in [5.41, 5.74) is 1.99. The molecule has 0 rings (SSSR count). The Morgan fingerprint density at radius 2 is 1.54 bits per heavy atom. The van der Waals surface area contributed by atoms with Gasteiger partial charge in [0.15, 0.2) is 0 Å². The SMILES string of the molecule is C=C(C)C(C)(C)CC(C)C(C)(C)C. The van der Waals surface area contributed by atoms with E-state index in [-0.39, 0.29) is 5.41 Å². The molecule has 0 amide bonds. The van der Waals surface area contributed by atoms with Gasteiger partial charge in [0.2, 0.25) is 0 Å². The first-order chi connectivity index (χ1) is 5.57. The molecule has 0 aromatic rings. The summed E-state index contributed by atoms with van der Waals surface area (Å²) in [5.74, 6) is 0.735. The van der Waals surface area contributed by atoms with Crippen LogP contribution in [-0.2, 0) is 0 Å². The number of hydrogen-bond donors (Lipinski definition) is 0. The van der Waals surface area contributed by atoms with Gasteiger partial charge in [-0.25, -0.2) is 0 Å². The van der Waals surface area contributed by atoms with Crippen molar-refractivity contribution in [2.75, 3.05) is 0 Å². The van der Waals surface area contributed by atoms with Gasteiger partial charge in [-0.15, -0.1) is 0 Å². The van der Waals surface area contributed by atoms with Crippen LogP contribution in [0.15, 0.2) is 12.2 Å². The number of rotatable bonds is 3. The van der Waals surface area contributed by atoms with Crippen molar-refractivity contribution in [3.63, 3.8) is 0 Å². The lowest BCUT2D eigenvalue weighted by molar-refractivity contribution is 0.191. The Kier molecular flexibility index (Phi) is 3.78. The minimum Gasteiger partial charge on any atom is -0.0996 e. The molecule has 0 fully saturated rings. The van der Waals surface area contributed by atoms with Crippen molar-refractivity contribution < 1.29 is 0 Å². The van der Waals surface area contributed by atoms with Crippen molar-refractivity contribution >= 4 is 0 Å². The minimum atomic E-state index is 0.284. The molecular formula is C13H26. The molecule has 0 bridgehead atoms. The Morgan fingerprint density at radius 3 is 1.77 bits per heavy atom. The van der Waals surface area contributed by atoms with E-state index in [0.717, 1.165) is 5.92 Å². The van der Waals surface area contributed by atoms with Gasteiger partial charge in [0.05, 0.1) is 0 Å². The Morgan fingerprint density at radius 1 is 1.15 bits per heavy atom. The lowest BCUT2D eigenvalue weighted by Gasteiger charge is -2.35. The first kappa shape index (κ1) is 12.7. The second-order valence-electron chi connectivity index (χ2n) is 6.14. The minimum absolute atomic E-state index is 0.284. The van der Waals surface area contributed by atoms with Crippen LogP contribution in [-0.4, -0.2) is 0 Å². The van der Waals surface area contributed by atoms with Crippen molar-refractivity contribution in [3.8, 4) is 0 Å². The molecular weight excluding hydrogens is 156 g/mol. The normalized spacial score (nSPS) is 15.6. The largest absolute Gasteiger partial charge is 0.0996 e. The van der Waals surface area contributed by atoms with E-state index < -0.39 is 0 Å². The maximum Gasteiger partial charge on any atom is -0.0147 e. The van der Waals surface area contributed by atoms with Gasteiger partial charge in [-0.3, -0.25) is 0 Å². The van der Waals surface area contributed by atoms with Crippen molar-refractivity contribution in [2.45, 2.75) is 54.9 Å². The average molecular weight is 182 g/mol. The van der Waals surface area contributed by atoms with Gasteiger partial charge < -0.3 is 0 Å². The van der Waals surface area contributed by atoms with Gasteiger partial charge in [-0.2, -0.15) is 0 Å². The van der Waals surface area contributed by atoms with Crippen LogP contribution in [0.2, 0.25) is 0 Å². The highest BCUT2D eigenvalue weighted by Gasteiger charge is 2.28. The molecule has 0 nitrogen and oxygen atoms in total. The van der Waals surface area contributed by atoms with Crippen LogP contribution in [0, 0.1) is 16.7 Å². The molecule has 0 radical (unpaired) electrons. The van der Waals surface area contributed by atoms with E-state index in [2.05, 4.69) is 55.0 Å². The molecule has 0 aromatic carbocycles. The molecule has 0 heteroatoms. The van der Waals surface area contributed by atoms with Crippen LogP contribution in [0.25, 0.3) is 0 Å². The fraction of sp³-hybridized carbons (Fsp3) is 0.846. The van der Waals surface area contributed by atoms with Crippen LogP contribution in [0.1, 0.15) is 54.9 Å². The molecule has 1 unspecified atom stereocenters. The first-order valence-corrected chi connectivity index (χ1v) is 5.23. The number of hydrogen-bond acceptors (Lipinski definition) is 0. The van der Waals surface area contributed by atoms with Crippen LogP contribution in [0.4, 0.5) is 0 Å². The molecule has 0 aliphatic heterocycles. The van der Waals surface area contributed by atoms with E-state index in [1.165, 1.54) is 12.0 Å². The third-order valence-electron chi connectivity index (χ3n) is 3.45. The highest BCUT2D eigenvalue weighted by atomic mass is 14.3.